The van der Waals surface area contributed by atoms with E-state index in [2.05, 4.69) is 35.6 Å². The molecule has 0 fully saturated rings. The molecule has 0 saturated heterocycles. The van der Waals surface area contributed by atoms with Crippen molar-refractivity contribution in [2.75, 3.05) is 32.0 Å². The van der Waals surface area contributed by atoms with Crippen LogP contribution in [-0.2, 0) is 6.42 Å². The molecule has 2 N–H and O–H groups in total. The number of nitrogens with two attached hydrogens (primary N) is 1. The van der Waals surface area contributed by atoms with Crippen molar-refractivity contribution in [2.45, 2.75) is 40.5 Å². The maximum absolute atomic E-state index is 5.89. The molecule has 1 rings (SSSR count). The summed E-state index contributed by atoms with van der Waals surface area (Å²) >= 11 is 0. The second-order valence-electron chi connectivity index (χ2n) is 4.58. The van der Waals surface area contributed by atoms with Crippen LogP contribution in [0.4, 0.5) is 5.82 Å². The van der Waals surface area contributed by atoms with E-state index in [1.165, 1.54) is 0 Å². The number of hydrogen-bond acceptors (Lipinski definition) is 5. The molecule has 0 bridgehead atoms. The van der Waals surface area contributed by atoms with Gasteiger partial charge in [-0.15, -0.1) is 0 Å². The van der Waals surface area contributed by atoms with Crippen molar-refractivity contribution >= 4 is 5.82 Å². The quantitative estimate of drug-likeness (QED) is 0.780. The first-order chi connectivity index (χ1) is 9.12. The standard InChI is InChI=1S/C14H26N4O/c1-5-8-12-16-13(15)11(4)14(17-12)19-10-9-18(6-2)7-3/h5-10H2,1-4H3,(H2,15,16,17). The molecule has 0 aliphatic rings. The maximum atomic E-state index is 5.89. The molecule has 0 amide bonds. The Labute approximate surface area is 116 Å². The zero-order valence-corrected chi connectivity index (χ0v) is 12.6. The van der Waals surface area contributed by atoms with Crippen LogP contribution in [0.3, 0.4) is 0 Å². The summed E-state index contributed by atoms with van der Waals surface area (Å²) < 4.78 is 5.77. The van der Waals surface area contributed by atoms with Crippen molar-refractivity contribution in [3.8, 4) is 5.88 Å². The predicted molar refractivity (Wildman–Crippen MR) is 78.5 cm³/mol. The van der Waals surface area contributed by atoms with E-state index in [9.17, 15) is 0 Å². The van der Waals surface area contributed by atoms with Gasteiger partial charge in [-0.1, -0.05) is 20.8 Å². The van der Waals surface area contributed by atoms with Crippen LogP contribution in [-0.4, -0.2) is 41.1 Å². The largest absolute Gasteiger partial charge is 0.476 e. The third-order valence-corrected chi connectivity index (χ3v) is 3.20. The molecule has 19 heavy (non-hydrogen) atoms. The zero-order chi connectivity index (χ0) is 14.3. The Morgan fingerprint density at radius 2 is 1.84 bits per heavy atom. The van der Waals surface area contributed by atoms with Crippen molar-refractivity contribution in [2.24, 2.45) is 0 Å². The highest BCUT2D eigenvalue weighted by Crippen LogP contribution is 2.20. The molecule has 0 aliphatic carbocycles. The van der Waals surface area contributed by atoms with E-state index in [4.69, 9.17) is 10.5 Å². The summed E-state index contributed by atoms with van der Waals surface area (Å²) in [5, 5.41) is 0. The topological polar surface area (TPSA) is 64.3 Å². The Bertz CT molecular complexity index is 391. The maximum Gasteiger partial charge on any atom is 0.221 e. The van der Waals surface area contributed by atoms with Crippen molar-refractivity contribution in [3.63, 3.8) is 0 Å². The van der Waals surface area contributed by atoms with E-state index >= 15 is 0 Å². The lowest BCUT2D eigenvalue weighted by Gasteiger charge is -2.18. The first-order valence-corrected chi connectivity index (χ1v) is 7.10. The highest BCUT2D eigenvalue weighted by atomic mass is 16.5. The highest BCUT2D eigenvalue weighted by molar-refractivity contribution is 5.44. The molecular weight excluding hydrogens is 240 g/mol. The SMILES string of the molecule is CCCc1nc(N)c(C)c(OCCN(CC)CC)n1. The second kappa shape index (κ2) is 7.94. The monoisotopic (exact) mass is 266 g/mol. The molecular formula is C14H26N4O. The smallest absolute Gasteiger partial charge is 0.221 e. The summed E-state index contributed by atoms with van der Waals surface area (Å²) in [6.45, 7) is 11.9. The fourth-order valence-corrected chi connectivity index (χ4v) is 1.85. The van der Waals surface area contributed by atoms with Crippen LogP contribution in [0.1, 0.15) is 38.6 Å². The zero-order valence-electron chi connectivity index (χ0n) is 12.6. The van der Waals surface area contributed by atoms with Gasteiger partial charge in [-0.05, 0) is 26.4 Å². The fourth-order valence-electron chi connectivity index (χ4n) is 1.85. The Hall–Kier alpha value is -1.36. The highest BCUT2D eigenvalue weighted by Gasteiger charge is 2.10. The molecule has 1 aromatic heterocycles. The Morgan fingerprint density at radius 3 is 2.42 bits per heavy atom. The third-order valence-electron chi connectivity index (χ3n) is 3.20. The number of rotatable bonds is 8. The van der Waals surface area contributed by atoms with Gasteiger partial charge in [-0.2, -0.15) is 4.98 Å². The average Bonchev–Trinajstić information content (AvgIpc) is 2.40. The van der Waals surface area contributed by atoms with Gasteiger partial charge >= 0.3 is 0 Å². The summed E-state index contributed by atoms with van der Waals surface area (Å²) in [7, 11) is 0. The van der Waals surface area contributed by atoms with Gasteiger partial charge in [0.15, 0.2) is 0 Å². The molecule has 0 saturated carbocycles. The van der Waals surface area contributed by atoms with Gasteiger partial charge in [0.05, 0.1) is 5.56 Å². The summed E-state index contributed by atoms with van der Waals surface area (Å²) in [5.41, 5.74) is 6.73. The number of nitrogen functional groups attached to an aromatic ring is 1. The molecule has 0 aliphatic heterocycles. The summed E-state index contributed by atoms with van der Waals surface area (Å²) in [5.74, 6) is 1.92. The van der Waals surface area contributed by atoms with Gasteiger partial charge in [-0.25, -0.2) is 4.98 Å². The molecule has 0 radical (unpaired) electrons. The van der Waals surface area contributed by atoms with Crippen LogP contribution in [0.25, 0.3) is 0 Å². The van der Waals surface area contributed by atoms with Crippen LogP contribution < -0.4 is 10.5 Å². The molecule has 1 aromatic rings. The number of anilines is 1. The minimum absolute atomic E-state index is 0.524. The molecule has 0 spiro atoms. The summed E-state index contributed by atoms with van der Waals surface area (Å²) in [4.78, 5) is 11.0. The van der Waals surface area contributed by atoms with Gasteiger partial charge in [0.2, 0.25) is 5.88 Å². The number of hydrogen-bond donors (Lipinski definition) is 1. The Balaban J connectivity index is 2.66. The molecule has 108 valence electrons. The number of ether oxygens (including phenoxy) is 1. The third kappa shape index (κ3) is 4.67. The lowest BCUT2D eigenvalue weighted by molar-refractivity contribution is 0.216. The van der Waals surface area contributed by atoms with E-state index in [0.717, 1.165) is 43.9 Å². The Kier molecular flexibility index (Phi) is 6.56. The van der Waals surface area contributed by atoms with Crippen molar-refractivity contribution in [3.05, 3.63) is 11.4 Å². The van der Waals surface area contributed by atoms with Crippen molar-refractivity contribution in [1.82, 2.24) is 14.9 Å². The van der Waals surface area contributed by atoms with Gasteiger partial charge in [-0.3, -0.25) is 0 Å². The molecule has 5 nitrogen and oxygen atoms in total. The number of aryl methyl sites for hydroxylation is 1. The lowest BCUT2D eigenvalue weighted by atomic mass is 10.3. The molecule has 0 aromatic carbocycles. The van der Waals surface area contributed by atoms with E-state index in [0.29, 0.717) is 18.3 Å². The number of aromatic nitrogens is 2. The second-order valence-corrected chi connectivity index (χ2v) is 4.58. The van der Waals surface area contributed by atoms with Gasteiger partial charge in [0.1, 0.15) is 18.2 Å². The van der Waals surface area contributed by atoms with Crippen molar-refractivity contribution in [1.29, 1.82) is 0 Å². The minimum atomic E-state index is 0.524. The van der Waals surface area contributed by atoms with E-state index in [1.54, 1.807) is 0 Å². The van der Waals surface area contributed by atoms with Crippen molar-refractivity contribution < 1.29 is 4.74 Å². The molecule has 5 heteroatoms. The van der Waals surface area contributed by atoms with Crippen LogP contribution >= 0.6 is 0 Å². The van der Waals surface area contributed by atoms with E-state index < -0.39 is 0 Å². The summed E-state index contributed by atoms with van der Waals surface area (Å²) in [6.07, 6.45) is 1.83. The fraction of sp³-hybridized carbons (Fsp3) is 0.714. The first-order valence-electron chi connectivity index (χ1n) is 7.10. The number of likely N-dealkylation sites (N-methyl/N-ethyl adjacent to an activating group) is 1. The van der Waals surface area contributed by atoms with Crippen LogP contribution in [0.2, 0.25) is 0 Å². The summed E-state index contributed by atoms with van der Waals surface area (Å²) in [6, 6.07) is 0. The van der Waals surface area contributed by atoms with Crippen LogP contribution in [0.15, 0.2) is 0 Å². The first kappa shape index (κ1) is 15.7. The minimum Gasteiger partial charge on any atom is -0.476 e. The van der Waals surface area contributed by atoms with Gasteiger partial charge < -0.3 is 15.4 Å². The predicted octanol–water partition coefficient (Wildman–Crippen LogP) is 2.04. The average molecular weight is 266 g/mol. The van der Waals surface area contributed by atoms with Gasteiger partial charge in [0, 0.05) is 13.0 Å². The normalized spacial score (nSPS) is 11.0. The molecule has 0 unspecified atom stereocenters. The van der Waals surface area contributed by atoms with E-state index in [1.807, 2.05) is 6.92 Å². The van der Waals surface area contributed by atoms with E-state index in [-0.39, 0.29) is 0 Å². The molecule has 0 atom stereocenters. The van der Waals surface area contributed by atoms with Gasteiger partial charge in [0.25, 0.3) is 0 Å². The van der Waals surface area contributed by atoms with Crippen LogP contribution in [0.5, 0.6) is 5.88 Å². The lowest BCUT2D eigenvalue weighted by Crippen LogP contribution is -2.28. The van der Waals surface area contributed by atoms with Crippen LogP contribution in [0, 0.1) is 6.92 Å². The number of nitrogens with zero attached hydrogens (tertiary/aromatic N) is 3. The molecule has 1 heterocycles. The Morgan fingerprint density at radius 1 is 1.16 bits per heavy atom.